The molecule has 4 heteroatoms. The molecule has 0 bridgehead atoms. The van der Waals surface area contributed by atoms with E-state index in [2.05, 4.69) is 22.0 Å². The second kappa shape index (κ2) is 6.29. The summed E-state index contributed by atoms with van der Waals surface area (Å²) in [7, 11) is 0. The highest BCUT2D eigenvalue weighted by Gasteiger charge is 2.09. The Morgan fingerprint density at radius 2 is 2.31 bits per heavy atom. The van der Waals surface area contributed by atoms with Crippen LogP contribution in [0.1, 0.15) is 23.7 Å². The summed E-state index contributed by atoms with van der Waals surface area (Å²) >= 11 is 3.33. The monoisotopic (exact) mass is 280 g/mol. The van der Waals surface area contributed by atoms with Gasteiger partial charge in [-0.3, -0.25) is 4.79 Å². The summed E-state index contributed by atoms with van der Waals surface area (Å²) in [5.41, 5.74) is 1.53. The molecule has 0 aliphatic carbocycles. The lowest BCUT2D eigenvalue weighted by Crippen LogP contribution is -2.24. The molecule has 0 unspecified atom stereocenters. The maximum Gasteiger partial charge on any atom is 0.152 e. The zero-order valence-electron chi connectivity index (χ0n) is 9.11. The predicted molar refractivity (Wildman–Crippen MR) is 67.6 cm³/mol. The number of carbonyl (C=O) groups excluding carboxylic acids is 1. The summed E-state index contributed by atoms with van der Waals surface area (Å²) < 4.78 is 0.884. The summed E-state index contributed by atoms with van der Waals surface area (Å²) in [6.45, 7) is 3.44. The number of nitrogens with zero attached hydrogens (tertiary/aromatic N) is 2. The van der Waals surface area contributed by atoms with Gasteiger partial charge in [-0.2, -0.15) is 5.26 Å². The molecule has 0 saturated carbocycles. The molecule has 84 valence electrons. The maximum absolute atomic E-state index is 11.0. The van der Waals surface area contributed by atoms with E-state index >= 15 is 0 Å². The maximum atomic E-state index is 11.0. The van der Waals surface area contributed by atoms with Crippen molar-refractivity contribution >= 4 is 27.9 Å². The number of hydrogen-bond donors (Lipinski definition) is 0. The van der Waals surface area contributed by atoms with Gasteiger partial charge in [0.25, 0.3) is 0 Å². The number of halogens is 1. The molecule has 0 aromatic heterocycles. The van der Waals surface area contributed by atoms with Crippen LogP contribution in [0.15, 0.2) is 22.7 Å². The predicted octanol–water partition coefficient (Wildman–Crippen LogP) is 3.00. The lowest BCUT2D eigenvalue weighted by Gasteiger charge is -2.23. The lowest BCUT2D eigenvalue weighted by atomic mass is 10.1. The summed E-state index contributed by atoms with van der Waals surface area (Å²) in [5.74, 6) is 0. The van der Waals surface area contributed by atoms with Crippen molar-refractivity contribution in [2.45, 2.75) is 13.3 Å². The van der Waals surface area contributed by atoms with Gasteiger partial charge in [0.2, 0.25) is 0 Å². The van der Waals surface area contributed by atoms with Gasteiger partial charge in [0, 0.05) is 28.8 Å². The molecule has 0 heterocycles. The SMILES string of the molecule is CCN(CCC#N)c1ccc(Br)cc1C=O. The lowest BCUT2D eigenvalue weighted by molar-refractivity contribution is 0.112. The second-order valence-corrected chi connectivity index (χ2v) is 4.22. The molecule has 0 saturated heterocycles. The van der Waals surface area contributed by atoms with Gasteiger partial charge < -0.3 is 4.90 Å². The second-order valence-electron chi connectivity index (χ2n) is 3.31. The van der Waals surface area contributed by atoms with Crippen LogP contribution in [-0.4, -0.2) is 19.4 Å². The highest BCUT2D eigenvalue weighted by molar-refractivity contribution is 9.10. The number of aldehydes is 1. The van der Waals surface area contributed by atoms with Crippen molar-refractivity contribution in [3.8, 4) is 6.07 Å². The molecule has 0 radical (unpaired) electrons. The summed E-state index contributed by atoms with van der Waals surface area (Å²) in [4.78, 5) is 13.0. The van der Waals surface area contributed by atoms with Crippen molar-refractivity contribution < 1.29 is 4.79 Å². The standard InChI is InChI=1S/C12H13BrN2O/c1-2-15(7-3-6-14)12-5-4-11(13)8-10(12)9-16/h4-5,8-9H,2-3,7H2,1H3. The van der Waals surface area contributed by atoms with E-state index in [0.717, 1.165) is 23.0 Å². The molecular formula is C12H13BrN2O. The van der Waals surface area contributed by atoms with E-state index in [1.54, 1.807) is 6.07 Å². The first kappa shape index (κ1) is 12.7. The van der Waals surface area contributed by atoms with Gasteiger partial charge >= 0.3 is 0 Å². The first-order chi connectivity index (χ1) is 7.72. The van der Waals surface area contributed by atoms with Gasteiger partial charge in [0.1, 0.15) is 0 Å². The van der Waals surface area contributed by atoms with Crippen LogP contribution >= 0.6 is 15.9 Å². The Bertz CT molecular complexity index is 412. The van der Waals surface area contributed by atoms with Crippen LogP contribution in [-0.2, 0) is 0 Å². The minimum Gasteiger partial charge on any atom is -0.370 e. The Hall–Kier alpha value is -1.34. The highest BCUT2D eigenvalue weighted by atomic mass is 79.9. The minimum absolute atomic E-state index is 0.461. The van der Waals surface area contributed by atoms with Crippen molar-refractivity contribution in [3.05, 3.63) is 28.2 Å². The van der Waals surface area contributed by atoms with E-state index < -0.39 is 0 Å². The van der Waals surface area contributed by atoms with Gasteiger partial charge in [-0.25, -0.2) is 0 Å². The highest BCUT2D eigenvalue weighted by Crippen LogP contribution is 2.23. The molecule has 0 spiro atoms. The third-order valence-corrected chi connectivity index (χ3v) is 2.83. The van der Waals surface area contributed by atoms with Crippen LogP contribution in [0.25, 0.3) is 0 Å². The van der Waals surface area contributed by atoms with Crippen LogP contribution in [0.3, 0.4) is 0 Å². The van der Waals surface area contributed by atoms with Gasteiger partial charge in [-0.15, -0.1) is 0 Å². The van der Waals surface area contributed by atoms with Crippen molar-refractivity contribution in [2.24, 2.45) is 0 Å². The van der Waals surface area contributed by atoms with E-state index in [0.29, 0.717) is 18.5 Å². The van der Waals surface area contributed by atoms with Crippen LogP contribution in [0, 0.1) is 11.3 Å². The molecule has 16 heavy (non-hydrogen) atoms. The smallest absolute Gasteiger partial charge is 0.152 e. The molecular weight excluding hydrogens is 268 g/mol. The summed E-state index contributed by atoms with van der Waals surface area (Å²) in [5, 5.41) is 8.57. The first-order valence-corrected chi connectivity index (χ1v) is 5.88. The topological polar surface area (TPSA) is 44.1 Å². The Balaban J connectivity index is 3.00. The third kappa shape index (κ3) is 3.07. The average Bonchev–Trinajstić information content (AvgIpc) is 2.31. The largest absolute Gasteiger partial charge is 0.370 e. The Labute approximate surface area is 104 Å². The molecule has 0 atom stereocenters. The number of carbonyl (C=O) groups is 1. The zero-order valence-corrected chi connectivity index (χ0v) is 10.7. The number of anilines is 1. The van der Waals surface area contributed by atoms with Crippen molar-refractivity contribution in [3.63, 3.8) is 0 Å². The van der Waals surface area contributed by atoms with Gasteiger partial charge in [-0.05, 0) is 25.1 Å². The van der Waals surface area contributed by atoms with Crippen LogP contribution in [0.2, 0.25) is 0 Å². The molecule has 1 aromatic rings. The fourth-order valence-corrected chi connectivity index (χ4v) is 1.92. The number of rotatable bonds is 5. The van der Waals surface area contributed by atoms with E-state index in [1.165, 1.54) is 0 Å². The fourth-order valence-electron chi connectivity index (χ4n) is 1.54. The Morgan fingerprint density at radius 1 is 1.56 bits per heavy atom. The van der Waals surface area contributed by atoms with Crippen molar-refractivity contribution in [1.82, 2.24) is 0 Å². The average molecular weight is 281 g/mol. The van der Waals surface area contributed by atoms with E-state index in [-0.39, 0.29) is 0 Å². The quantitative estimate of drug-likeness (QED) is 0.779. The van der Waals surface area contributed by atoms with Crippen molar-refractivity contribution in [2.75, 3.05) is 18.0 Å². The summed E-state index contributed by atoms with van der Waals surface area (Å²) in [6, 6.07) is 7.70. The summed E-state index contributed by atoms with van der Waals surface area (Å²) in [6.07, 6.45) is 1.30. The van der Waals surface area contributed by atoms with Crippen molar-refractivity contribution in [1.29, 1.82) is 5.26 Å². The third-order valence-electron chi connectivity index (χ3n) is 2.33. The molecule has 0 aliphatic heterocycles. The fraction of sp³-hybridized carbons (Fsp3) is 0.333. The molecule has 0 amide bonds. The van der Waals surface area contributed by atoms with Gasteiger partial charge in [0.05, 0.1) is 12.5 Å². The van der Waals surface area contributed by atoms with Gasteiger partial charge in [0.15, 0.2) is 6.29 Å². The van der Waals surface area contributed by atoms with E-state index in [4.69, 9.17) is 5.26 Å². The molecule has 0 fully saturated rings. The van der Waals surface area contributed by atoms with Crippen LogP contribution < -0.4 is 4.90 Å². The molecule has 0 N–H and O–H groups in total. The van der Waals surface area contributed by atoms with Crippen LogP contribution in [0.4, 0.5) is 5.69 Å². The number of hydrogen-bond acceptors (Lipinski definition) is 3. The van der Waals surface area contributed by atoms with E-state index in [9.17, 15) is 4.79 Å². The molecule has 1 aromatic carbocycles. The van der Waals surface area contributed by atoms with Crippen LogP contribution in [0.5, 0.6) is 0 Å². The Morgan fingerprint density at radius 3 is 2.88 bits per heavy atom. The number of benzene rings is 1. The Kier molecular flexibility index (Phi) is 5.00. The van der Waals surface area contributed by atoms with E-state index in [1.807, 2.05) is 24.0 Å². The zero-order chi connectivity index (χ0) is 12.0. The molecule has 0 aliphatic rings. The molecule has 1 rings (SSSR count). The first-order valence-electron chi connectivity index (χ1n) is 5.09. The normalized spacial score (nSPS) is 9.56. The number of nitriles is 1. The van der Waals surface area contributed by atoms with Gasteiger partial charge in [-0.1, -0.05) is 15.9 Å². The molecule has 3 nitrogen and oxygen atoms in total. The minimum atomic E-state index is 0.461.